The van der Waals surface area contributed by atoms with Crippen LogP contribution >= 0.6 is 0 Å². The Bertz CT molecular complexity index is 1450. The maximum absolute atomic E-state index is 13.1. The highest BCUT2D eigenvalue weighted by Gasteiger charge is 2.30. The van der Waals surface area contributed by atoms with Gasteiger partial charge in [-0.2, -0.15) is 13.2 Å². The van der Waals surface area contributed by atoms with Gasteiger partial charge >= 0.3 is 12.1 Å². The van der Waals surface area contributed by atoms with Crippen LogP contribution < -0.4 is 9.47 Å². The number of esters is 1. The lowest BCUT2D eigenvalue weighted by Crippen LogP contribution is -2.30. The van der Waals surface area contributed by atoms with Gasteiger partial charge in [-0.15, -0.1) is 0 Å². The van der Waals surface area contributed by atoms with Crippen molar-refractivity contribution in [1.29, 1.82) is 0 Å². The van der Waals surface area contributed by atoms with Crippen LogP contribution in [-0.4, -0.2) is 24.5 Å². The van der Waals surface area contributed by atoms with Gasteiger partial charge in [-0.1, -0.05) is 48.5 Å². The van der Waals surface area contributed by atoms with E-state index in [1.54, 1.807) is 37.4 Å². The van der Waals surface area contributed by atoms with Gasteiger partial charge in [-0.3, -0.25) is 4.90 Å². The molecule has 0 N–H and O–H groups in total. The van der Waals surface area contributed by atoms with Crippen LogP contribution in [0.5, 0.6) is 11.5 Å². The summed E-state index contributed by atoms with van der Waals surface area (Å²) in [5.41, 5.74) is 4.07. The summed E-state index contributed by atoms with van der Waals surface area (Å²) in [5.74, 6) is 0.722. The molecular weight excluding hydrogens is 491 g/mol. The van der Waals surface area contributed by atoms with Crippen molar-refractivity contribution in [3.05, 3.63) is 119 Å². The zero-order valence-electron chi connectivity index (χ0n) is 20.8. The van der Waals surface area contributed by atoms with E-state index in [-0.39, 0.29) is 5.56 Å². The van der Waals surface area contributed by atoms with Gasteiger partial charge in [-0.05, 0) is 76.7 Å². The SMILES string of the molecule is COc1cccc(CN2CCc3cc(OC(=O)c4ccccc4-c4ccc(C(F)(F)F)cc4)ccc3C2)c1. The Kier molecular flexibility index (Phi) is 7.20. The fourth-order valence-electron chi connectivity index (χ4n) is 4.73. The largest absolute Gasteiger partial charge is 0.497 e. The third-order valence-electron chi connectivity index (χ3n) is 6.69. The fraction of sp³-hybridized carbons (Fsp3) is 0.194. The van der Waals surface area contributed by atoms with Crippen LogP contribution in [0.15, 0.2) is 91.0 Å². The van der Waals surface area contributed by atoms with Crippen LogP contribution in [0.3, 0.4) is 0 Å². The van der Waals surface area contributed by atoms with E-state index in [4.69, 9.17) is 9.47 Å². The molecule has 38 heavy (non-hydrogen) atoms. The molecule has 0 saturated heterocycles. The molecule has 0 aromatic heterocycles. The van der Waals surface area contributed by atoms with Gasteiger partial charge in [0.15, 0.2) is 0 Å². The molecule has 194 valence electrons. The molecule has 4 aromatic rings. The molecule has 0 fully saturated rings. The molecule has 0 bridgehead atoms. The smallest absolute Gasteiger partial charge is 0.416 e. The van der Waals surface area contributed by atoms with Gasteiger partial charge in [-0.25, -0.2) is 4.79 Å². The number of nitrogens with zero attached hydrogens (tertiary/aromatic N) is 1. The van der Waals surface area contributed by atoms with Gasteiger partial charge in [0.05, 0.1) is 18.2 Å². The number of carbonyl (C=O) groups is 1. The van der Waals surface area contributed by atoms with Crippen LogP contribution in [-0.2, 0) is 25.7 Å². The van der Waals surface area contributed by atoms with Crippen molar-refractivity contribution in [3.8, 4) is 22.6 Å². The maximum Gasteiger partial charge on any atom is 0.416 e. The Morgan fingerprint density at radius 2 is 1.66 bits per heavy atom. The number of benzene rings is 4. The third-order valence-corrected chi connectivity index (χ3v) is 6.69. The molecular formula is C31H26F3NO3. The summed E-state index contributed by atoms with van der Waals surface area (Å²) < 4.78 is 49.9. The molecule has 0 radical (unpaired) electrons. The van der Waals surface area contributed by atoms with Gasteiger partial charge in [0.2, 0.25) is 0 Å². The number of carbonyl (C=O) groups excluding carboxylic acids is 1. The number of fused-ring (bicyclic) bond motifs is 1. The molecule has 0 unspecified atom stereocenters. The van der Waals surface area contributed by atoms with Gasteiger partial charge < -0.3 is 9.47 Å². The minimum atomic E-state index is -4.42. The van der Waals surface area contributed by atoms with Crippen molar-refractivity contribution >= 4 is 5.97 Å². The van der Waals surface area contributed by atoms with Crippen molar-refractivity contribution in [2.24, 2.45) is 0 Å². The summed E-state index contributed by atoms with van der Waals surface area (Å²) in [6.45, 7) is 2.48. The first-order valence-corrected chi connectivity index (χ1v) is 12.3. The van der Waals surface area contributed by atoms with Crippen molar-refractivity contribution in [1.82, 2.24) is 4.90 Å². The van der Waals surface area contributed by atoms with E-state index in [0.717, 1.165) is 49.5 Å². The molecule has 7 heteroatoms. The van der Waals surface area contributed by atoms with Crippen LogP contribution in [0.25, 0.3) is 11.1 Å². The zero-order valence-corrected chi connectivity index (χ0v) is 20.8. The maximum atomic E-state index is 13.1. The minimum Gasteiger partial charge on any atom is -0.497 e. The number of rotatable bonds is 6. The average Bonchev–Trinajstić information content (AvgIpc) is 2.93. The van der Waals surface area contributed by atoms with Crippen LogP contribution in [0, 0.1) is 0 Å². The molecule has 1 aliphatic rings. The fourth-order valence-corrected chi connectivity index (χ4v) is 4.73. The first-order chi connectivity index (χ1) is 18.3. The third kappa shape index (κ3) is 5.73. The van der Waals surface area contributed by atoms with E-state index < -0.39 is 17.7 Å². The predicted octanol–water partition coefficient (Wildman–Crippen LogP) is 7.16. The van der Waals surface area contributed by atoms with Crippen molar-refractivity contribution in [3.63, 3.8) is 0 Å². The van der Waals surface area contributed by atoms with Gasteiger partial charge in [0.1, 0.15) is 11.5 Å². The molecule has 1 aliphatic heterocycles. The highest BCUT2D eigenvalue weighted by molar-refractivity contribution is 5.98. The summed E-state index contributed by atoms with van der Waals surface area (Å²) in [6.07, 6.45) is -3.59. The average molecular weight is 518 g/mol. The Balaban J connectivity index is 1.29. The van der Waals surface area contributed by atoms with Crippen molar-refractivity contribution in [2.45, 2.75) is 25.7 Å². The lowest BCUT2D eigenvalue weighted by atomic mass is 9.98. The Labute approximate surface area is 219 Å². The van der Waals surface area contributed by atoms with E-state index in [1.165, 1.54) is 23.3 Å². The van der Waals surface area contributed by atoms with E-state index in [9.17, 15) is 18.0 Å². The first-order valence-electron chi connectivity index (χ1n) is 12.3. The van der Waals surface area contributed by atoms with E-state index in [0.29, 0.717) is 16.9 Å². The summed E-state index contributed by atoms with van der Waals surface area (Å²) in [4.78, 5) is 15.5. The normalized spacial score (nSPS) is 13.6. The number of hydrogen-bond acceptors (Lipinski definition) is 4. The van der Waals surface area contributed by atoms with Crippen molar-refractivity contribution < 1.29 is 27.4 Å². The second-order valence-electron chi connectivity index (χ2n) is 9.25. The number of halogens is 3. The first kappa shape index (κ1) is 25.5. The molecule has 1 heterocycles. The monoisotopic (exact) mass is 517 g/mol. The Hall–Kier alpha value is -4.10. The van der Waals surface area contributed by atoms with E-state index >= 15 is 0 Å². The van der Waals surface area contributed by atoms with Crippen LogP contribution in [0.4, 0.5) is 13.2 Å². The second kappa shape index (κ2) is 10.7. The number of hydrogen-bond donors (Lipinski definition) is 0. The highest BCUT2D eigenvalue weighted by atomic mass is 19.4. The Morgan fingerprint density at radius 1 is 0.868 bits per heavy atom. The lowest BCUT2D eigenvalue weighted by molar-refractivity contribution is -0.137. The van der Waals surface area contributed by atoms with E-state index in [2.05, 4.69) is 11.0 Å². The lowest BCUT2D eigenvalue weighted by Gasteiger charge is -2.29. The summed E-state index contributed by atoms with van der Waals surface area (Å²) in [6, 6.07) is 25.2. The molecule has 0 amide bonds. The highest BCUT2D eigenvalue weighted by Crippen LogP contribution is 2.32. The molecule has 4 aromatic carbocycles. The Morgan fingerprint density at radius 3 is 2.42 bits per heavy atom. The molecule has 5 rings (SSSR count). The second-order valence-corrected chi connectivity index (χ2v) is 9.25. The quantitative estimate of drug-likeness (QED) is 0.201. The molecule has 4 nitrogen and oxygen atoms in total. The van der Waals surface area contributed by atoms with Crippen LogP contribution in [0.2, 0.25) is 0 Å². The van der Waals surface area contributed by atoms with E-state index in [1.807, 2.05) is 30.3 Å². The van der Waals surface area contributed by atoms with Crippen molar-refractivity contribution in [2.75, 3.05) is 13.7 Å². The van der Waals surface area contributed by atoms with Gasteiger partial charge in [0.25, 0.3) is 0 Å². The zero-order chi connectivity index (χ0) is 26.7. The predicted molar refractivity (Wildman–Crippen MR) is 139 cm³/mol. The molecule has 0 spiro atoms. The summed E-state index contributed by atoms with van der Waals surface area (Å²) in [5, 5.41) is 0. The molecule has 0 saturated carbocycles. The standard InChI is InChI=1S/C31H26F3NO3/c1-37-26-6-4-5-21(17-26)19-35-16-15-23-18-27(14-11-24(23)20-35)38-30(36)29-8-3-2-7-28(29)22-9-12-25(13-10-22)31(32,33)34/h2-14,17-18H,15-16,19-20H2,1H3. The molecule has 0 aliphatic carbocycles. The van der Waals surface area contributed by atoms with Gasteiger partial charge in [0, 0.05) is 19.6 Å². The number of ether oxygens (including phenoxy) is 2. The number of methoxy groups -OCH3 is 1. The topological polar surface area (TPSA) is 38.8 Å². The minimum absolute atomic E-state index is 0.287. The number of alkyl halides is 3. The molecule has 0 atom stereocenters. The summed E-state index contributed by atoms with van der Waals surface area (Å²) >= 11 is 0. The summed E-state index contributed by atoms with van der Waals surface area (Å²) in [7, 11) is 1.66. The van der Waals surface area contributed by atoms with Crippen LogP contribution in [0.1, 0.15) is 32.6 Å².